The molecule has 2 fully saturated rings. The molecule has 2 atom stereocenters. The van der Waals surface area contributed by atoms with Gasteiger partial charge in [0.1, 0.15) is 0 Å². The highest BCUT2D eigenvalue weighted by atomic mass is 16.2. The second-order valence-corrected chi connectivity index (χ2v) is 7.86. The third-order valence-electron chi connectivity index (χ3n) is 5.78. The van der Waals surface area contributed by atoms with E-state index in [0.29, 0.717) is 5.92 Å². The standard InChI is InChI=1S/C21H29N5O/c1-24-16-19(13-23-24)20-8-5-10-26(20)21(27)22-12-18-9-11-25(15-18)14-17-6-3-2-4-7-17/h2-4,6-7,13,16,18,20H,5,8-12,14-15H2,1H3,(H,22,27). The van der Waals surface area contributed by atoms with Gasteiger partial charge in [0.2, 0.25) is 0 Å². The lowest BCUT2D eigenvalue weighted by Crippen LogP contribution is -2.41. The molecule has 6 nitrogen and oxygen atoms in total. The Kier molecular flexibility index (Phi) is 5.43. The largest absolute Gasteiger partial charge is 0.338 e. The van der Waals surface area contributed by atoms with Gasteiger partial charge in [0.15, 0.2) is 0 Å². The number of aromatic nitrogens is 2. The van der Waals surface area contributed by atoms with Crippen molar-refractivity contribution in [1.29, 1.82) is 0 Å². The molecular formula is C21H29N5O. The zero-order chi connectivity index (χ0) is 18.6. The number of amides is 2. The fourth-order valence-electron chi connectivity index (χ4n) is 4.37. The molecule has 2 aliphatic rings. The maximum absolute atomic E-state index is 12.7. The van der Waals surface area contributed by atoms with Crippen molar-refractivity contribution in [2.75, 3.05) is 26.2 Å². The average molecular weight is 367 g/mol. The number of hydrogen-bond donors (Lipinski definition) is 1. The lowest BCUT2D eigenvalue weighted by molar-refractivity contribution is 0.191. The van der Waals surface area contributed by atoms with E-state index in [0.717, 1.165) is 57.5 Å². The summed E-state index contributed by atoms with van der Waals surface area (Å²) in [7, 11) is 1.92. The van der Waals surface area contributed by atoms with Gasteiger partial charge in [0, 0.05) is 45.0 Å². The topological polar surface area (TPSA) is 53.4 Å². The summed E-state index contributed by atoms with van der Waals surface area (Å²) < 4.78 is 1.81. The Morgan fingerprint density at radius 1 is 1.22 bits per heavy atom. The van der Waals surface area contributed by atoms with Crippen molar-refractivity contribution in [3.8, 4) is 0 Å². The Hall–Kier alpha value is -2.34. The van der Waals surface area contributed by atoms with Crippen LogP contribution in [0.15, 0.2) is 42.7 Å². The molecule has 2 aromatic rings. The van der Waals surface area contributed by atoms with Crippen molar-refractivity contribution in [3.63, 3.8) is 0 Å². The summed E-state index contributed by atoms with van der Waals surface area (Å²) in [5.41, 5.74) is 2.50. The highest BCUT2D eigenvalue weighted by Crippen LogP contribution is 2.31. The molecule has 144 valence electrons. The predicted molar refractivity (Wildman–Crippen MR) is 105 cm³/mol. The van der Waals surface area contributed by atoms with Gasteiger partial charge in [-0.3, -0.25) is 9.58 Å². The number of carbonyl (C=O) groups excluding carboxylic acids is 1. The van der Waals surface area contributed by atoms with E-state index in [4.69, 9.17) is 0 Å². The number of nitrogens with one attached hydrogen (secondary N) is 1. The molecule has 0 bridgehead atoms. The SMILES string of the molecule is Cn1cc(C2CCCN2C(=O)NCC2CCN(Cc3ccccc3)C2)cn1. The molecule has 4 rings (SSSR count). The molecule has 3 heterocycles. The first kappa shape index (κ1) is 18.0. The molecular weight excluding hydrogens is 338 g/mol. The van der Waals surface area contributed by atoms with Crippen LogP contribution in [0, 0.1) is 5.92 Å². The third kappa shape index (κ3) is 4.33. The summed E-state index contributed by atoms with van der Waals surface area (Å²) in [6.45, 7) is 4.76. The van der Waals surface area contributed by atoms with Crippen molar-refractivity contribution in [2.24, 2.45) is 13.0 Å². The molecule has 0 saturated carbocycles. The molecule has 2 aliphatic heterocycles. The van der Waals surface area contributed by atoms with Crippen LogP contribution in [0.3, 0.4) is 0 Å². The second-order valence-electron chi connectivity index (χ2n) is 7.86. The third-order valence-corrected chi connectivity index (χ3v) is 5.78. The number of urea groups is 1. The molecule has 1 N–H and O–H groups in total. The minimum atomic E-state index is 0.0721. The van der Waals surface area contributed by atoms with Crippen molar-refractivity contribution in [2.45, 2.75) is 31.8 Å². The van der Waals surface area contributed by atoms with Gasteiger partial charge >= 0.3 is 6.03 Å². The molecule has 0 radical (unpaired) electrons. The first-order valence-corrected chi connectivity index (χ1v) is 9.98. The van der Waals surface area contributed by atoms with Crippen molar-refractivity contribution >= 4 is 6.03 Å². The van der Waals surface area contributed by atoms with E-state index >= 15 is 0 Å². The van der Waals surface area contributed by atoms with E-state index < -0.39 is 0 Å². The van der Waals surface area contributed by atoms with Crippen LogP contribution in [0.5, 0.6) is 0 Å². The summed E-state index contributed by atoms with van der Waals surface area (Å²) in [6, 6.07) is 10.8. The zero-order valence-corrected chi connectivity index (χ0v) is 16.1. The van der Waals surface area contributed by atoms with Crippen molar-refractivity contribution < 1.29 is 4.79 Å². The van der Waals surface area contributed by atoms with Gasteiger partial charge < -0.3 is 10.2 Å². The first-order chi connectivity index (χ1) is 13.2. The van der Waals surface area contributed by atoms with Crippen LogP contribution in [0.4, 0.5) is 4.79 Å². The smallest absolute Gasteiger partial charge is 0.317 e. The Balaban J connectivity index is 1.26. The lowest BCUT2D eigenvalue weighted by atomic mass is 10.1. The van der Waals surface area contributed by atoms with Crippen LogP contribution >= 0.6 is 0 Å². The van der Waals surface area contributed by atoms with E-state index in [-0.39, 0.29) is 12.1 Å². The number of aryl methyl sites for hydroxylation is 1. The minimum absolute atomic E-state index is 0.0721. The Bertz CT molecular complexity index is 759. The van der Waals surface area contributed by atoms with Crippen LogP contribution in [0.25, 0.3) is 0 Å². The zero-order valence-electron chi connectivity index (χ0n) is 16.1. The van der Waals surface area contributed by atoms with Gasteiger partial charge in [0.25, 0.3) is 0 Å². The van der Waals surface area contributed by atoms with Gasteiger partial charge in [-0.25, -0.2) is 4.79 Å². The lowest BCUT2D eigenvalue weighted by Gasteiger charge is -2.25. The molecule has 0 aliphatic carbocycles. The van der Waals surface area contributed by atoms with Crippen molar-refractivity contribution in [3.05, 3.63) is 53.9 Å². The first-order valence-electron chi connectivity index (χ1n) is 9.98. The Morgan fingerprint density at radius 3 is 2.85 bits per heavy atom. The van der Waals surface area contributed by atoms with E-state index in [1.165, 1.54) is 5.56 Å². The normalized spacial score (nSPS) is 23.1. The van der Waals surface area contributed by atoms with E-state index in [9.17, 15) is 4.79 Å². The molecule has 6 heteroatoms. The molecule has 2 amide bonds. The van der Waals surface area contributed by atoms with E-state index in [2.05, 4.69) is 45.6 Å². The van der Waals surface area contributed by atoms with Gasteiger partial charge in [-0.2, -0.15) is 5.10 Å². The van der Waals surface area contributed by atoms with E-state index in [1.807, 2.05) is 29.0 Å². The number of nitrogens with zero attached hydrogens (tertiary/aromatic N) is 4. The highest BCUT2D eigenvalue weighted by Gasteiger charge is 2.31. The second kappa shape index (κ2) is 8.13. The summed E-state index contributed by atoms with van der Waals surface area (Å²) in [4.78, 5) is 17.2. The maximum atomic E-state index is 12.7. The van der Waals surface area contributed by atoms with Crippen LogP contribution < -0.4 is 5.32 Å². The highest BCUT2D eigenvalue weighted by molar-refractivity contribution is 5.75. The van der Waals surface area contributed by atoms with Crippen LogP contribution in [0.2, 0.25) is 0 Å². The van der Waals surface area contributed by atoms with Gasteiger partial charge in [-0.1, -0.05) is 30.3 Å². The molecule has 27 heavy (non-hydrogen) atoms. The Labute approximate surface area is 161 Å². The minimum Gasteiger partial charge on any atom is -0.338 e. The molecule has 0 spiro atoms. The van der Waals surface area contributed by atoms with Crippen molar-refractivity contribution in [1.82, 2.24) is 24.9 Å². The van der Waals surface area contributed by atoms with Gasteiger partial charge in [-0.15, -0.1) is 0 Å². The summed E-state index contributed by atoms with van der Waals surface area (Å²) in [5.74, 6) is 0.539. The number of likely N-dealkylation sites (tertiary alicyclic amines) is 2. The predicted octanol–water partition coefficient (Wildman–Crippen LogP) is 2.79. The summed E-state index contributed by atoms with van der Waals surface area (Å²) >= 11 is 0. The fourth-order valence-corrected chi connectivity index (χ4v) is 4.37. The maximum Gasteiger partial charge on any atom is 0.317 e. The molecule has 1 aromatic carbocycles. The summed E-state index contributed by atoms with van der Waals surface area (Å²) in [6.07, 6.45) is 7.14. The van der Waals surface area contributed by atoms with Crippen LogP contribution in [-0.4, -0.2) is 51.8 Å². The average Bonchev–Trinajstić information content (AvgIpc) is 3.41. The van der Waals surface area contributed by atoms with Gasteiger partial charge in [0.05, 0.1) is 12.2 Å². The fraction of sp³-hybridized carbons (Fsp3) is 0.524. The summed E-state index contributed by atoms with van der Waals surface area (Å²) in [5, 5.41) is 7.45. The molecule has 2 saturated heterocycles. The van der Waals surface area contributed by atoms with Crippen LogP contribution in [-0.2, 0) is 13.6 Å². The Morgan fingerprint density at radius 2 is 2.07 bits per heavy atom. The number of carbonyl (C=O) groups is 1. The monoisotopic (exact) mass is 367 g/mol. The van der Waals surface area contributed by atoms with Gasteiger partial charge in [-0.05, 0) is 37.3 Å². The quantitative estimate of drug-likeness (QED) is 0.884. The molecule has 1 aromatic heterocycles. The molecule has 2 unspecified atom stereocenters. The number of hydrogen-bond acceptors (Lipinski definition) is 3. The number of rotatable bonds is 5. The number of benzene rings is 1. The van der Waals surface area contributed by atoms with Crippen LogP contribution in [0.1, 0.15) is 36.4 Å². The van der Waals surface area contributed by atoms with E-state index in [1.54, 1.807) is 0 Å².